The number of nitrogens with one attached hydrogen (secondary N) is 2. The molecule has 9 heteroatoms. The van der Waals surface area contributed by atoms with Crippen molar-refractivity contribution in [2.24, 2.45) is 0 Å². The van der Waals surface area contributed by atoms with Gasteiger partial charge in [-0.3, -0.25) is 4.79 Å². The molecule has 4 N–H and O–H groups in total. The van der Waals surface area contributed by atoms with E-state index < -0.39 is 34.8 Å². The van der Waals surface area contributed by atoms with Crippen LogP contribution >= 0.6 is 0 Å². The molecule has 1 saturated carbocycles. The number of nitrogens with two attached hydrogens (primary N) is 1. The third-order valence-electron chi connectivity index (χ3n) is 4.60. The summed E-state index contributed by atoms with van der Waals surface area (Å²) in [6, 6.07) is 4.17. The molecule has 0 bridgehead atoms. The van der Waals surface area contributed by atoms with Crippen molar-refractivity contribution in [3.63, 3.8) is 0 Å². The highest BCUT2D eigenvalue weighted by molar-refractivity contribution is 5.94. The lowest BCUT2D eigenvalue weighted by atomic mass is 9.96. The highest BCUT2D eigenvalue weighted by Gasteiger charge is 2.38. The van der Waals surface area contributed by atoms with Gasteiger partial charge in [0.2, 0.25) is 0 Å². The lowest BCUT2D eigenvalue weighted by Crippen LogP contribution is -2.25. The van der Waals surface area contributed by atoms with Crippen molar-refractivity contribution in [1.29, 1.82) is 5.41 Å². The van der Waals surface area contributed by atoms with E-state index in [1.165, 1.54) is 0 Å². The Morgan fingerprint density at radius 3 is 2.32 bits per heavy atom. The van der Waals surface area contributed by atoms with Gasteiger partial charge in [-0.25, -0.2) is 8.78 Å². The fraction of sp³-hybridized carbons (Fsp3) is 0.263. The largest absolute Gasteiger partial charge is 0.422 e. The normalized spacial score (nSPS) is 14.0. The van der Waals surface area contributed by atoms with Crippen molar-refractivity contribution in [3.05, 3.63) is 63.7 Å². The van der Waals surface area contributed by atoms with Crippen molar-refractivity contribution < 1.29 is 26.7 Å². The molecule has 1 amide bonds. The molecular formula is C19H16F5N3O. The molecule has 0 heterocycles. The van der Waals surface area contributed by atoms with E-state index >= 15 is 0 Å². The van der Waals surface area contributed by atoms with Gasteiger partial charge in [-0.2, -0.15) is 13.2 Å². The molecule has 28 heavy (non-hydrogen) atoms. The molecule has 0 saturated heterocycles. The molecule has 0 atom stereocenters. The molecule has 2 aromatic carbocycles. The van der Waals surface area contributed by atoms with Gasteiger partial charge in [0, 0.05) is 29.6 Å². The summed E-state index contributed by atoms with van der Waals surface area (Å²) in [4.78, 5) is 12.3. The second-order valence-electron chi connectivity index (χ2n) is 6.55. The number of nitrogen functional groups attached to an aromatic ring is 1. The van der Waals surface area contributed by atoms with Gasteiger partial charge in [-0.15, -0.1) is 0 Å². The SMILES string of the molecule is N=Cc1c(N)ccc(C2CC2)c1CNC(=O)c1cc(F)c(C(F)(F)F)c(F)c1. The van der Waals surface area contributed by atoms with Gasteiger partial charge in [0.15, 0.2) is 0 Å². The summed E-state index contributed by atoms with van der Waals surface area (Å²) in [5.41, 5.74) is 5.55. The molecule has 0 spiro atoms. The van der Waals surface area contributed by atoms with Gasteiger partial charge in [0.25, 0.3) is 5.91 Å². The summed E-state index contributed by atoms with van der Waals surface area (Å²) >= 11 is 0. The maximum atomic E-state index is 13.7. The van der Waals surface area contributed by atoms with Crippen LogP contribution in [-0.4, -0.2) is 12.1 Å². The summed E-state index contributed by atoms with van der Waals surface area (Å²) in [6.45, 7) is -0.0787. The van der Waals surface area contributed by atoms with Gasteiger partial charge < -0.3 is 16.5 Å². The van der Waals surface area contributed by atoms with Crippen LogP contribution in [0.15, 0.2) is 24.3 Å². The zero-order chi connectivity index (χ0) is 20.6. The van der Waals surface area contributed by atoms with E-state index in [-0.39, 0.29) is 12.5 Å². The van der Waals surface area contributed by atoms with Crippen LogP contribution in [-0.2, 0) is 12.7 Å². The van der Waals surface area contributed by atoms with E-state index in [9.17, 15) is 26.7 Å². The predicted octanol–water partition coefficient (Wildman–Crippen LogP) is 4.37. The first-order chi connectivity index (χ1) is 13.1. The van der Waals surface area contributed by atoms with Crippen LogP contribution in [0.1, 0.15) is 51.4 Å². The fourth-order valence-electron chi connectivity index (χ4n) is 3.09. The minimum atomic E-state index is -5.21. The average Bonchev–Trinajstić information content (AvgIpc) is 3.42. The first kappa shape index (κ1) is 19.8. The first-order valence-corrected chi connectivity index (χ1v) is 8.39. The molecule has 0 unspecified atom stereocenters. The number of rotatable bonds is 5. The van der Waals surface area contributed by atoms with Gasteiger partial charge in [0.05, 0.1) is 0 Å². The van der Waals surface area contributed by atoms with Gasteiger partial charge in [-0.1, -0.05) is 6.07 Å². The summed E-state index contributed by atoms with van der Waals surface area (Å²) < 4.78 is 65.3. The third-order valence-corrected chi connectivity index (χ3v) is 4.60. The maximum Gasteiger partial charge on any atom is 0.422 e. The van der Waals surface area contributed by atoms with Crippen LogP contribution in [0.3, 0.4) is 0 Å². The lowest BCUT2D eigenvalue weighted by molar-refractivity contribution is -0.142. The summed E-state index contributed by atoms with van der Waals surface area (Å²) in [6.07, 6.45) is -2.24. The van der Waals surface area contributed by atoms with Crippen molar-refractivity contribution in [2.75, 3.05) is 5.73 Å². The number of benzene rings is 2. The van der Waals surface area contributed by atoms with Crippen LogP contribution in [0.2, 0.25) is 0 Å². The Morgan fingerprint density at radius 2 is 1.82 bits per heavy atom. The van der Waals surface area contributed by atoms with Crippen LogP contribution in [0.25, 0.3) is 0 Å². The molecule has 2 aromatic rings. The zero-order valence-corrected chi connectivity index (χ0v) is 14.5. The van der Waals surface area contributed by atoms with Crippen LogP contribution < -0.4 is 11.1 Å². The Balaban J connectivity index is 1.86. The van der Waals surface area contributed by atoms with Gasteiger partial charge in [0.1, 0.15) is 17.2 Å². The van der Waals surface area contributed by atoms with E-state index in [2.05, 4.69) is 5.32 Å². The zero-order valence-electron chi connectivity index (χ0n) is 14.5. The summed E-state index contributed by atoms with van der Waals surface area (Å²) in [5.74, 6) is -4.38. The number of hydrogen-bond donors (Lipinski definition) is 3. The van der Waals surface area contributed by atoms with E-state index in [1.54, 1.807) is 12.1 Å². The smallest absolute Gasteiger partial charge is 0.398 e. The number of alkyl halides is 3. The minimum Gasteiger partial charge on any atom is -0.398 e. The summed E-state index contributed by atoms with van der Waals surface area (Å²) in [5, 5.41) is 9.99. The molecule has 0 aliphatic heterocycles. The topological polar surface area (TPSA) is 79.0 Å². The second kappa shape index (κ2) is 7.21. The number of carbonyl (C=O) groups is 1. The molecule has 1 fully saturated rings. The molecule has 1 aliphatic rings. The highest BCUT2D eigenvalue weighted by atomic mass is 19.4. The van der Waals surface area contributed by atoms with E-state index in [4.69, 9.17) is 11.1 Å². The maximum absolute atomic E-state index is 13.7. The van der Waals surface area contributed by atoms with E-state index in [0.29, 0.717) is 28.9 Å². The Labute approximate surface area is 157 Å². The molecule has 1 aliphatic carbocycles. The Kier molecular flexibility index (Phi) is 5.10. The quantitative estimate of drug-likeness (QED) is 0.398. The number of carbonyl (C=O) groups excluding carboxylic acids is 1. The molecular weight excluding hydrogens is 381 g/mol. The Bertz CT molecular complexity index is 928. The van der Waals surface area contributed by atoms with E-state index in [0.717, 1.165) is 24.6 Å². The average molecular weight is 397 g/mol. The molecule has 3 rings (SSSR count). The molecule has 4 nitrogen and oxygen atoms in total. The van der Waals surface area contributed by atoms with Crippen LogP contribution in [0.5, 0.6) is 0 Å². The van der Waals surface area contributed by atoms with Crippen LogP contribution in [0, 0.1) is 17.0 Å². The Morgan fingerprint density at radius 1 is 1.21 bits per heavy atom. The third kappa shape index (κ3) is 3.83. The second-order valence-corrected chi connectivity index (χ2v) is 6.55. The van der Waals surface area contributed by atoms with Gasteiger partial charge in [-0.05, 0) is 48.1 Å². The van der Waals surface area contributed by atoms with Crippen molar-refractivity contribution in [3.8, 4) is 0 Å². The first-order valence-electron chi connectivity index (χ1n) is 8.39. The Hall–Kier alpha value is -2.97. The molecule has 0 aromatic heterocycles. The number of amides is 1. The minimum absolute atomic E-state index is 0.0787. The number of anilines is 1. The van der Waals surface area contributed by atoms with Crippen molar-refractivity contribution in [2.45, 2.75) is 31.5 Å². The van der Waals surface area contributed by atoms with Gasteiger partial charge >= 0.3 is 6.18 Å². The highest BCUT2D eigenvalue weighted by Crippen LogP contribution is 2.43. The predicted molar refractivity (Wildman–Crippen MR) is 93.2 cm³/mol. The fourth-order valence-corrected chi connectivity index (χ4v) is 3.09. The van der Waals surface area contributed by atoms with Crippen molar-refractivity contribution >= 4 is 17.8 Å². The van der Waals surface area contributed by atoms with Crippen LogP contribution in [0.4, 0.5) is 27.6 Å². The van der Waals surface area contributed by atoms with Crippen molar-refractivity contribution in [1.82, 2.24) is 5.32 Å². The number of halogens is 5. The lowest BCUT2D eigenvalue weighted by Gasteiger charge is -2.16. The standard InChI is InChI=1S/C19H16F5N3O/c20-14-5-10(6-15(21)17(14)19(22,23)24)18(28)27-8-13-11(9-1-2-9)3-4-16(26)12(13)7-25/h3-7,9,25H,1-2,8,26H2,(H,27,28). The monoisotopic (exact) mass is 397 g/mol. The number of hydrogen-bond acceptors (Lipinski definition) is 3. The van der Waals surface area contributed by atoms with E-state index in [1.807, 2.05) is 0 Å². The summed E-state index contributed by atoms with van der Waals surface area (Å²) in [7, 11) is 0. The molecule has 0 radical (unpaired) electrons. The molecule has 148 valence electrons.